The first-order valence-corrected chi connectivity index (χ1v) is 5.97. The largest absolute Gasteiger partial charge is 0.508 e. The molecule has 5 heteroatoms. The van der Waals surface area contributed by atoms with Crippen LogP contribution < -0.4 is 14.8 Å². The van der Waals surface area contributed by atoms with Crippen molar-refractivity contribution in [2.75, 3.05) is 19.5 Å². The molecule has 0 aliphatic heterocycles. The van der Waals surface area contributed by atoms with Crippen LogP contribution >= 0.6 is 0 Å². The van der Waals surface area contributed by atoms with Gasteiger partial charge in [0.2, 0.25) is 0 Å². The number of hydrogen-bond acceptors (Lipinski definition) is 4. The molecular formula is C15H15NO4. The van der Waals surface area contributed by atoms with E-state index in [0.717, 1.165) is 0 Å². The minimum atomic E-state index is -0.313. The minimum Gasteiger partial charge on any atom is -0.508 e. The summed E-state index contributed by atoms with van der Waals surface area (Å²) in [6.07, 6.45) is 0. The molecule has 0 atom stereocenters. The van der Waals surface area contributed by atoms with Gasteiger partial charge in [-0.1, -0.05) is 6.07 Å². The van der Waals surface area contributed by atoms with Gasteiger partial charge in [-0.3, -0.25) is 4.79 Å². The fraction of sp³-hybridized carbons (Fsp3) is 0.133. The molecule has 0 radical (unpaired) electrons. The number of carbonyl (C=O) groups excluding carboxylic acids is 1. The highest BCUT2D eigenvalue weighted by Crippen LogP contribution is 2.31. The Balaban J connectivity index is 2.27. The van der Waals surface area contributed by atoms with E-state index in [9.17, 15) is 9.90 Å². The van der Waals surface area contributed by atoms with Gasteiger partial charge in [0, 0.05) is 5.69 Å². The van der Waals surface area contributed by atoms with Gasteiger partial charge in [-0.25, -0.2) is 0 Å². The molecule has 0 spiro atoms. The first-order chi connectivity index (χ1) is 9.65. The number of hydrogen-bond donors (Lipinski definition) is 2. The van der Waals surface area contributed by atoms with Crippen LogP contribution in [0.5, 0.6) is 17.2 Å². The van der Waals surface area contributed by atoms with E-state index in [-0.39, 0.29) is 11.7 Å². The molecule has 0 aromatic heterocycles. The summed E-state index contributed by atoms with van der Waals surface area (Å²) in [5.74, 6) is 0.700. The van der Waals surface area contributed by atoms with Gasteiger partial charge < -0.3 is 19.9 Å². The van der Waals surface area contributed by atoms with Crippen molar-refractivity contribution in [3.63, 3.8) is 0 Å². The van der Waals surface area contributed by atoms with Gasteiger partial charge in [-0.2, -0.15) is 0 Å². The zero-order chi connectivity index (χ0) is 14.5. The molecule has 1 amide bonds. The van der Waals surface area contributed by atoms with Crippen LogP contribution in [0.3, 0.4) is 0 Å². The molecule has 5 nitrogen and oxygen atoms in total. The van der Waals surface area contributed by atoms with Gasteiger partial charge in [0.25, 0.3) is 5.91 Å². The number of rotatable bonds is 4. The number of nitrogens with one attached hydrogen (secondary N) is 1. The Hall–Kier alpha value is -2.69. The zero-order valence-electron chi connectivity index (χ0n) is 11.2. The predicted molar refractivity (Wildman–Crippen MR) is 75.6 cm³/mol. The lowest BCUT2D eigenvalue weighted by atomic mass is 10.1. The Morgan fingerprint density at radius 3 is 2.35 bits per heavy atom. The molecule has 2 rings (SSSR count). The summed E-state index contributed by atoms with van der Waals surface area (Å²) in [5.41, 5.74) is 0.956. The highest BCUT2D eigenvalue weighted by atomic mass is 16.5. The molecule has 0 aliphatic carbocycles. The Kier molecular flexibility index (Phi) is 4.10. The van der Waals surface area contributed by atoms with Crippen molar-refractivity contribution >= 4 is 11.6 Å². The smallest absolute Gasteiger partial charge is 0.259 e. The number of carbonyl (C=O) groups is 1. The van der Waals surface area contributed by atoms with Gasteiger partial charge >= 0.3 is 0 Å². The van der Waals surface area contributed by atoms with Gasteiger partial charge in [-0.15, -0.1) is 0 Å². The average Bonchev–Trinajstić information content (AvgIpc) is 2.48. The van der Waals surface area contributed by atoms with E-state index in [4.69, 9.17) is 9.47 Å². The van der Waals surface area contributed by atoms with Crippen LogP contribution in [0.1, 0.15) is 10.4 Å². The maximum absolute atomic E-state index is 12.2. The number of phenols is 1. The number of anilines is 1. The van der Waals surface area contributed by atoms with Gasteiger partial charge in [0.15, 0.2) is 11.5 Å². The van der Waals surface area contributed by atoms with E-state index in [1.54, 1.807) is 30.3 Å². The number of amides is 1. The molecule has 0 saturated heterocycles. The Bertz CT molecular complexity index is 608. The molecule has 0 heterocycles. The van der Waals surface area contributed by atoms with E-state index < -0.39 is 0 Å². The van der Waals surface area contributed by atoms with E-state index >= 15 is 0 Å². The number of benzene rings is 2. The van der Waals surface area contributed by atoms with Crippen LogP contribution in [0, 0.1) is 0 Å². The van der Waals surface area contributed by atoms with Crippen LogP contribution in [0.15, 0.2) is 42.5 Å². The van der Waals surface area contributed by atoms with E-state index in [1.165, 1.54) is 26.4 Å². The standard InChI is InChI=1S/C15H15NO4/c1-19-13-5-3-4-12(14(13)20-2)15(18)16-10-6-8-11(17)9-7-10/h3-9,17H,1-2H3,(H,16,18). The molecule has 0 fully saturated rings. The average molecular weight is 273 g/mol. The molecule has 2 aromatic rings. The summed E-state index contributed by atoms with van der Waals surface area (Å²) in [5, 5.41) is 11.9. The molecule has 0 bridgehead atoms. The maximum atomic E-state index is 12.2. The fourth-order valence-corrected chi connectivity index (χ4v) is 1.81. The normalized spacial score (nSPS) is 9.90. The SMILES string of the molecule is COc1cccc(C(=O)Nc2ccc(O)cc2)c1OC. The second-order valence-electron chi connectivity index (χ2n) is 4.04. The molecule has 0 saturated carbocycles. The molecule has 0 unspecified atom stereocenters. The number of methoxy groups -OCH3 is 2. The van der Waals surface area contributed by atoms with Crippen molar-refractivity contribution < 1.29 is 19.4 Å². The third-order valence-electron chi connectivity index (χ3n) is 2.77. The third-order valence-corrected chi connectivity index (χ3v) is 2.77. The second-order valence-corrected chi connectivity index (χ2v) is 4.04. The number of para-hydroxylation sites is 1. The molecule has 104 valence electrons. The number of ether oxygens (including phenoxy) is 2. The van der Waals surface area contributed by atoms with Crippen molar-refractivity contribution in [3.8, 4) is 17.2 Å². The topological polar surface area (TPSA) is 67.8 Å². The monoisotopic (exact) mass is 273 g/mol. The second kappa shape index (κ2) is 5.97. The summed E-state index contributed by atoms with van der Waals surface area (Å²) in [4.78, 5) is 12.2. The van der Waals surface area contributed by atoms with Crippen molar-refractivity contribution in [2.24, 2.45) is 0 Å². The summed E-state index contributed by atoms with van der Waals surface area (Å²) in [6.45, 7) is 0. The molecular weight excluding hydrogens is 258 g/mol. The van der Waals surface area contributed by atoms with E-state index in [2.05, 4.69) is 5.32 Å². The Morgan fingerprint density at radius 2 is 1.75 bits per heavy atom. The third kappa shape index (κ3) is 2.83. The lowest BCUT2D eigenvalue weighted by Gasteiger charge is -2.12. The van der Waals surface area contributed by atoms with E-state index in [0.29, 0.717) is 22.7 Å². The lowest BCUT2D eigenvalue weighted by Crippen LogP contribution is -2.13. The Labute approximate surface area is 116 Å². The summed E-state index contributed by atoms with van der Waals surface area (Å²) in [6, 6.07) is 11.3. The summed E-state index contributed by atoms with van der Waals surface area (Å²) in [7, 11) is 2.99. The van der Waals surface area contributed by atoms with Gasteiger partial charge in [0.1, 0.15) is 5.75 Å². The van der Waals surface area contributed by atoms with Gasteiger partial charge in [-0.05, 0) is 36.4 Å². The minimum absolute atomic E-state index is 0.141. The Morgan fingerprint density at radius 1 is 1.05 bits per heavy atom. The van der Waals surface area contributed by atoms with Crippen LogP contribution in [-0.4, -0.2) is 25.2 Å². The number of aromatic hydroxyl groups is 1. The van der Waals surface area contributed by atoms with Gasteiger partial charge in [0.05, 0.1) is 19.8 Å². The highest BCUT2D eigenvalue weighted by molar-refractivity contribution is 6.06. The van der Waals surface area contributed by atoms with E-state index in [1.807, 2.05) is 0 Å². The molecule has 20 heavy (non-hydrogen) atoms. The summed E-state index contributed by atoms with van der Waals surface area (Å²) >= 11 is 0. The van der Waals surface area contributed by atoms with Crippen LogP contribution in [-0.2, 0) is 0 Å². The van der Waals surface area contributed by atoms with Crippen molar-refractivity contribution in [1.29, 1.82) is 0 Å². The zero-order valence-corrected chi connectivity index (χ0v) is 11.2. The first-order valence-electron chi connectivity index (χ1n) is 5.97. The lowest BCUT2D eigenvalue weighted by molar-refractivity contribution is 0.102. The van der Waals surface area contributed by atoms with Crippen molar-refractivity contribution in [3.05, 3.63) is 48.0 Å². The molecule has 2 aromatic carbocycles. The van der Waals surface area contributed by atoms with Crippen LogP contribution in [0.2, 0.25) is 0 Å². The molecule has 0 aliphatic rings. The molecule has 2 N–H and O–H groups in total. The quantitative estimate of drug-likeness (QED) is 0.840. The fourth-order valence-electron chi connectivity index (χ4n) is 1.81. The number of phenolic OH excluding ortho intramolecular Hbond substituents is 1. The van der Waals surface area contributed by atoms with Crippen molar-refractivity contribution in [1.82, 2.24) is 0 Å². The first kappa shape index (κ1) is 13.7. The van der Waals surface area contributed by atoms with Crippen LogP contribution in [0.25, 0.3) is 0 Å². The predicted octanol–water partition coefficient (Wildman–Crippen LogP) is 2.66. The highest BCUT2D eigenvalue weighted by Gasteiger charge is 2.16. The van der Waals surface area contributed by atoms with Crippen LogP contribution in [0.4, 0.5) is 5.69 Å². The summed E-state index contributed by atoms with van der Waals surface area (Å²) < 4.78 is 10.4. The maximum Gasteiger partial charge on any atom is 0.259 e. The van der Waals surface area contributed by atoms with Crippen molar-refractivity contribution in [2.45, 2.75) is 0 Å².